The van der Waals surface area contributed by atoms with Crippen LogP contribution in [0.1, 0.15) is 28.3 Å². The summed E-state index contributed by atoms with van der Waals surface area (Å²) in [6.45, 7) is 2.82. The van der Waals surface area contributed by atoms with Crippen LogP contribution in [-0.2, 0) is 12.8 Å². The zero-order valence-electron chi connectivity index (χ0n) is 9.94. The van der Waals surface area contributed by atoms with Gasteiger partial charge in [-0.1, -0.05) is 31.2 Å². The van der Waals surface area contributed by atoms with Crippen molar-refractivity contribution >= 4 is 11.3 Å². The highest BCUT2D eigenvalue weighted by Crippen LogP contribution is 2.37. The molecule has 1 aliphatic rings. The van der Waals surface area contributed by atoms with Crippen LogP contribution in [0.4, 0.5) is 0 Å². The zero-order chi connectivity index (χ0) is 11.8. The molecule has 3 heteroatoms. The van der Waals surface area contributed by atoms with Gasteiger partial charge in [0, 0.05) is 22.9 Å². The van der Waals surface area contributed by atoms with Gasteiger partial charge in [0.05, 0.1) is 10.7 Å². The van der Waals surface area contributed by atoms with E-state index in [0.717, 1.165) is 12.8 Å². The van der Waals surface area contributed by atoms with Crippen molar-refractivity contribution < 1.29 is 0 Å². The van der Waals surface area contributed by atoms with Crippen LogP contribution in [0.3, 0.4) is 0 Å². The number of fused-ring (bicyclic) bond motifs is 3. The van der Waals surface area contributed by atoms with E-state index >= 15 is 0 Å². The standard InChI is InChI=1S/C14H16N2S/c1-9(8-15)14-16-13-11-5-3-2-4-10(11)6-7-12(13)17-14/h2-5,9H,6-8,15H2,1H3. The van der Waals surface area contributed by atoms with E-state index < -0.39 is 0 Å². The van der Waals surface area contributed by atoms with Gasteiger partial charge in [0.15, 0.2) is 0 Å². The van der Waals surface area contributed by atoms with Gasteiger partial charge in [-0.2, -0.15) is 0 Å². The Morgan fingerprint density at radius 3 is 3.00 bits per heavy atom. The molecule has 1 heterocycles. The van der Waals surface area contributed by atoms with Crippen molar-refractivity contribution in [3.8, 4) is 11.3 Å². The average Bonchev–Trinajstić information content (AvgIpc) is 2.82. The van der Waals surface area contributed by atoms with E-state index in [1.807, 2.05) is 11.3 Å². The van der Waals surface area contributed by atoms with Crippen LogP contribution < -0.4 is 5.73 Å². The van der Waals surface area contributed by atoms with Crippen molar-refractivity contribution in [2.45, 2.75) is 25.7 Å². The first-order valence-corrected chi connectivity index (χ1v) is 6.89. The van der Waals surface area contributed by atoms with E-state index in [1.54, 1.807) is 0 Å². The second-order valence-corrected chi connectivity index (χ2v) is 5.73. The molecule has 1 aromatic carbocycles. The number of aromatic nitrogens is 1. The molecular formula is C14H16N2S. The number of hydrogen-bond acceptors (Lipinski definition) is 3. The molecule has 0 fully saturated rings. The fourth-order valence-electron chi connectivity index (χ4n) is 2.28. The summed E-state index contributed by atoms with van der Waals surface area (Å²) >= 11 is 1.84. The van der Waals surface area contributed by atoms with E-state index in [9.17, 15) is 0 Å². The average molecular weight is 244 g/mol. The molecule has 2 N–H and O–H groups in total. The molecule has 0 radical (unpaired) electrons. The van der Waals surface area contributed by atoms with Crippen LogP contribution in [0.5, 0.6) is 0 Å². The van der Waals surface area contributed by atoms with Crippen LogP contribution in [0, 0.1) is 0 Å². The van der Waals surface area contributed by atoms with Gasteiger partial charge in [-0.3, -0.25) is 0 Å². The molecule has 0 aliphatic heterocycles. The lowest BCUT2D eigenvalue weighted by Gasteiger charge is -2.13. The monoisotopic (exact) mass is 244 g/mol. The highest BCUT2D eigenvalue weighted by atomic mass is 32.1. The fourth-order valence-corrected chi connectivity index (χ4v) is 3.42. The van der Waals surface area contributed by atoms with E-state index in [-0.39, 0.29) is 0 Å². The molecule has 1 unspecified atom stereocenters. The topological polar surface area (TPSA) is 38.9 Å². The van der Waals surface area contributed by atoms with Gasteiger partial charge < -0.3 is 5.73 Å². The molecule has 2 nitrogen and oxygen atoms in total. The maximum Gasteiger partial charge on any atom is 0.0976 e. The van der Waals surface area contributed by atoms with Gasteiger partial charge in [-0.25, -0.2) is 4.98 Å². The Labute approximate surface area is 106 Å². The van der Waals surface area contributed by atoms with Crippen LogP contribution in [0.15, 0.2) is 24.3 Å². The van der Waals surface area contributed by atoms with Crippen LogP contribution in [0.25, 0.3) is 11.3 Å². The molecule has 2 aromatic rings. The van der Waals surface area contributed by atoms with Crippen molar-refractivity contribution in [1.29, 1.82) is 0 Å². The summed E-state index contributed by atoms with van der Waals surface area (Å²) in [6, 6.07) is 8.60. The third-order valence-electron chi connectivity index (χ3n) is 3.38. The van der Waals surface area contributed by atoms with Crippen molar-refractivity contribution in [2.75, 3.05) is 6.54 Å². The summed E-state index contributed by atoms with van der Waals surface area (Å²) < 4.78 is 0. The Bertz CT molecular complexity index is 545. The highest BCUT2D eigenvalue weighted by molar-refractivity contribution is 7.12. The Morgan fingerprint density at radius 2 is 2.18 bits per heavy atom. The fraction of sp³-hybridized carbons (Fsp3) is 0.357. The molecule has 3 rings (SSSR count). The summed E-state index contributed by atoms with van der Waals surface area (Å²) in [7, 11) is 0. The lowest BCUT2D eigenvalue weighted by Crippen LogP contribution is -2.08. The molecular weight excluding hydrogens is 228 g/mol. The molecule has 1 aliphatic carbocycles. The number of benzene rings is 1. The van der Waals surface area contributed by atoms with Gasteiger partial charge in [0.25, 0.3) is 0 Å². The minimum absolute atomic E-state index is 0.373. The third kappa shape index (κ3) is 1.79. The number of nitrogens with zero attached hydrogens (tertiary/aromatic N) is 1. The quantitative estimate of drug-likeness (QED) is 0.882. The molecule has 1 atom stereocenters. The predicted octanol–water partition coefficient (Wildman–Crippen LogP) is 2.97. The van der Waals surface area contributed by atoms with E-state index in [1.165, 1.54) is 26.7 Å². The van der Waals surface area contributed by atoms with Crippen LogP contribution in [-0.4, -0.2) is 11.5 Å². The first-order valence-electron chi connectivity index (χ1n) is 6.07. The Hall–Kier alpha value is -1.19. The normalized spacial score (nSPS) is 15.2. The van der Waals surface area contributed by atoms with Gasteiger partial charge >= 0.3 is 0 Å². The summed E-state index contributed by atoms with van der Waals surface area (Å²) in [5, 5.41) is 1.19. The van der Waals surface area contributed by atoms with Crippen LogP contribution >= 0.6 is 11.3 Å². The number of thiazole rings is 1. The zero-order valence-corrected chi connectivity index (χ0v) is 10.8. The number of nitrogens with two attached hydrogens (primary N) is 1. The summed E-state index contributed by atoms with van der Waals surface area (Å²) in [6.07, 6.45) is 2.27. The minimum Gasteiger partial charge on any atom is -0.330 e. The molecule has 88 valence electrons. The summed E-state index contributed by atoms with van der Waals surface area (Å²) in [5.74, 6) is 0.373. The smallest absolute Gasteiger partial charge is 0.0976 e. The van der Waals surface area contributed by atoms with Crippen molar-refractivity contribution in [2.24, 2.45) is 5.73 Å². The lowest BCUT2D eigenvalue weighted by molar-refractivity contribution is 0.766. The van der Waals surface area contributed by atoms with Gasteiger partial charge in [-0.15, -0.1) is 11.3 Å². The predicted molar refractivity (Wildman–Crippen MR) is 72.4 cm³/mol. The third-order valence-corrected chi connectivity index (χ3v) is 4.73. The maximum absolute atomic E-state index is 5.72. The Morgan fingerprint density at radius 1 is 1.35 bits per heavy atom. The van der Waals surface area contributed by atoms with Crippen molar-refractivity contribution in [3.05, 3.63) is 39.7 Å². The summed E-state index contributed by atoms with van der Waals surface area (Å²) in [5.41, 5.74) is 9.67. The Kier molecular flexibility index (Phi) is 2.73. The summed E-state index contributed by atoms with van der Waals surface area (Å²) in [4.78, 5) is 6.23. The molecule has 0 amide bonds. The van der Waals surface area contributed by atoms with Crippen molar-refractivity contribution in [3.63, 3.8) is 0 Å². The molecule has 1 aromatic heterocycles. The van der Waals surface area contributed by atoms with Crippen molar-refractivity contribution in [1.82, 2.24) is 4.98 Å². The number of hydrogen-bond donors (Lipinski definition) is 1. The van der Waals surface area contributed by atoms with E-state index in [4.69, 9.17) is 10.7 Å². The van der Waals surface area contributed by atoms with Gasteiger partial charge in [0.2, 0.25) is 0 Å². The number of rotatable bonds is 2. The lowest BCUT2D eigenvalue weighted by atomic mass is 9.94. The largest absolute Gasteiger partial charge is 0.330 e. The number of aryl methyl sites for hydroxylation is 2. The maximum atomic E-state index is 5.72. The second-order valence-electron chi connectivity index (χ2n) is 4.62. The van der Waals surface area contributed by atoms with E-state index in [0.29, 0.717) is 12.5 Å². The molecule has 0 saturated carbocycles. The molecule has 0 saturated heterocycles. The second kappa shape index (κ2) is 4.24. The molecule has 0 bridgehead atoms. The first-order chi connectivity index (χ1) is 8.29. The van der Waals surface area contributed by atoms with Gasteiger partial charge in [0.1, 0.15) is 0 Å². The molecule has 17 heavy (non-hydrogen) atoms. The highest BCUT2D eigenvalue weighted by Gasteiger charge is 2.21. The van der Waals surface area contributed by atoms with Gasteiger partial charge in [-0.05, 0) is 18.4 Å². The van der Waals surface area contributed by atoms with E-state index in [2.05, 4.69) is 31.2 Å². The Balaban J connectivity index is 2.10. The minimum atomic E-state index is 0.373. The first kappa shape index (κ1) is 10.9. The van der Waals surface area contributed by atoms with Crippen LogP contribution in [0.2, 0.25) is 0 Å². The molecule has 0 spiro atoms. The SMILES string of the molecule is CC(CN)c1nc2c(s1)CCc1ccccc1-2.